The van der Waals surface area contributed by atoms with Crippen molar-refractivity contribution >= 4 is 18.3 Å². The van der Waals surface area contributed by atoms with Crippen molar-refractivity contribution in [2.75, 3.05) is 0 Å². The fourth-order valence-corrected chi connectivity index (χ4v) is 1.22. The molecule has 0 bridgehead atoms. The summed E-state index contributed by atoms with van der Waals surface area (Å²) in [6, 6.07) is 4.61. The molecule has 0 aliphatic heterocycles. The van der Waals surface area contributed by atoms with Crippen LogP contribution in [0, 0.1) is 28.4 Å². The zero-order chi connectivity index (χ0) is 10.0. The van der Waals surface area contributed by atoms with Crippen molar-refractivity contribution in [3.63, 3.8) is 0 Å². The molecule has 0 saturated carbocycles. The molecule has 0 atom stereocenters. The molecule has 0 fully saturated rings. The van der Waals surface area contributed by atoms with Gasteiger partial charge < -0.3 is 0 Å². The smallest absolute Gasteiger partial charge is 0.258 e. The summed E-state index contributed by atoms with van der Waals surface area (Å²) in [5.41, 5.74) is 0.766. The topological polar surface area (TPSA) is 66.9 Å². The first-order valence-electron chi connectivity index (χ1n) is 3.45. The highest BCUT2D eigenvalue weighted by Gasteiger charge is 2.14. The zero-order valence-electron chi connectivity index (χ0n) is 6.81. The fraction of sp³-hybridized carbons (Fsp3) is 0.125. The number of nitriles is 1. The van der Waals surface area contributed by atoms with E-state index in [2.05, 4.69) is 12.6 Å². The van der Waals surface area contributed by atoms with Crippen molar-refractivity contribution in [1.82, 2.24) is 0 Å². The largest absolute Gasteiger partial charge is 0.273 e. The quantitative estimate of drug-likeness (QED) is 0.422. The lowest BCUT2D eigenvalue weighted by Gasteiger charge is -2.01. The van der Waals surface area contributed by atoms with Gasteiger partial charge in [-0.1, -0.05) is 0 Å². The van der Waals surface area contributed by atoms with Crippen LogP contribution in [0.2, 0.25) is 0 Å². The van der Waals surface area contributed by atoms with E-state index in [-0.39, 0.29) is 5.69 Å². The van der Waals surface area contributed by atoms with Crippen LogP contribution in [0.1, 0.15) is 11.1 Å². The van der Waals surface area contributed by atoms with Gasteiger partial charge >= 0.3 is 0 Å². The third kappa shape index (κ3) is 1.63. The summed E-state index contributed by atoms with van der Waals surface area (Å²) in [6.07, 6.45) is 0. The van der Waals surface area contributed by atoms with Gasteiger partial charge in [0.05, 0.1) is 10.5 Å². The molecule has 0 aromatic heterocycles. The molecule has 4 nitrogen and oxygen atoms in total. The Labute approximate surface area is 80.4 Å². The van der Waals surface area contributed by atoms with Crippen LogP contribution >= 0.6 is 12.6 Å². The number of hydrogen-bond acceptors (Lipinski definition) is 4. The Balaban J connectivity index is 3.42. The van der Waals surface area contributed by atoms with E-state index in [1.807, 2.05) is 6.07 Å². The molecule has 0 radical (unpaired) electrons. The van der Waals surface area contributed by atoms with Crippen LogP contribution in [0.15, 0.2) is 17.0 Å². The molecule has 5 heteroatoms. The van der Waals surface area contributed by atoms with Gasteiger partial charge in [-0.05, 0) is 13.0 Å². The van der Waals surface area contributed by atoms with E-state index in [1.165, 1.54) is 12.1 Å². The predicted octanol–water partition coefficient (Wildman–Crippen LogP) is 2.06. The molecule has 13 heavy (non-hydrogen) atoms. The first-order chi connectivity index (χ1) is 6.07. The normalized spacial score (nSPS) is 9.31. The Hall–Kier alpha value is -1.54. The van der Waals surface area contributed by atoms with Gasteiger partial charge in [-0.15, -0.1) is 12.6 Å². The minimum atomic E-state index is -0.490. The Morgan fingerprint density at radius 2 is 2.23 bits per heavy atom. The van der Waals surface area contributed by atoms with Crippen molar-refractivity contribution in [2.45, 2.75) is 11.8 Å². The first kappa shape index (κ1) is 9.55. The van der Waals surface area contributed by atoms with E-state index in [9.17, 15) is 10.1 Å². The standard InChI is InChI=1S/C8H6N2O2S/c1-5-7(10(11)12)3-2-6(4-9)8(5)13/h2-3,13H,1H3. The van der Waals surface area contributed by atoms with Gasteiger partial charge in [-0.3, -0.25) is 10.1 Å². The molecular weight excluding hydrogens is 188 g/mol. The van der Waals surface area contributed by atoms with Gasteiger partial charge in [-0.25, -0.2) is 0 Å². The van der Waals surface area contributed by atoms with Crippen LogP contribution in [-0.4, -0.2) is 4.92 Å². The summed E-state index contributed by atoms with van der Waals surface area (Å²) < 4.78 is 0. The number of hydrogen-bond donors (Lipinski definition) is 1. The Bertz CT molecular complexity index is 409. The van der Waals surface area contributed by atoms with E-state index < -0.39 is 4.92 Å². The number of nitro benzene ring substituents is 1. The maximum Gasteiger partial charge on any atom is 0.273 e. The minimum absolute atomic E-state index is 0.0102. The van der Waals surface area contributed by atoms with Gasteiger partial charge in [0.15, 0.2) is 0 Å². The van der Waals surface area contributed by atoms with Crippen LogP contribution in [0.3, 0.4) is 0 Å². The van der Waals surface area contributed by atoms with Gasteiger partial charge in [0, 0.05) is 16.5 Å². The third-order valence-corrected chi connectivity index (χ3v) is 2.30. The van der Waals surface area contributed by atoms with Crippen LogP contribution in [-0.2, 0) is 0 Å². The lowest BCUT2D eigenvalue weighted by atomic mass is 10.1. The highest BCUT2D eigenvalue weighted by atomic mass is 32.1. The third-order valence-electron chi connectivity index (χ3n) is 1.72. The number of benzene rings is 1. The average Bonchev–Trinajstić information content (AvgIpc) is 2.09. The highest BCUT2D eigenvalue weighted by molar-refractivity contribution is 7.80. The Kier molecular flexibility index (Phi) is 2.54. The zero-order valence-corrected chi connectivity index (χ0v) is 7.71. The monoisotopic (exact) mass is 194 g/mol. The maximum absolute atomic E-state index is 10.5. The van der Waals surface area contributed by atoms with Gasteiger partial charge in [0.25, 0.3) is 5.69 Å². The minimum Gasteiger partial charge on any atom is -0.258 e. The predicted molar refractivity (Wildman–Crippen MR) is 49.8 cm³/mol. The number of nitrogens with zero attached hydrogens (tertiary/aromatic N) is 2. The SMILES string of the molecule is Cc1c([N+](=O)[O-])ccc(C#N)c1S. The molecule has 0 aliphatic rings. The second-order valence-electron chi connectivity index (χ2n) is 2.47. The van der Waals surface area contributed by atoms with Gasteiger partial charge in [-0.2, -0.15) is 5.26 Å². The first-order valence-corrected chi connectivity index (χ1v) is 3.89. The second kappa shape index (κ2) is 3.46. The Morgan fingerprint density at radius 1 is 1.62 bits per heavy atom. The van der Waals surface area contributed by atoms with Crippen molar-refractivity contribution in [1.29, 1.82) is 5.26 Å². The lowest BCUT2D eigenvalue weighted by Crippen LogP contribution is -1.94. The molecule has 0 heterocycles. The molecule has 1 aromatic carbocycles. The Morgan fingerprint density at radius 3 is 2.69 bits per heavy atom. The molecule has 0 amide bonds. The van der Waals surface area contributed by atoms with E-state index in [0.29, 0.717) is 16.0 Å². The van der Waals surface area contributed by atoms with E-state index in [1.54, 1.807) is 6.92 Å². The molecule has 0 saturated heterocycles. The summed E-state index contributed by atoms with van der Waals surface area (Å²) in [7, 11) is 0. The molecule has 0 N–H and O–H groups in total. The molecule has 1 aromatic rings. The highest BCUT2D eigenvalue weighted by Crippen LogP contribution is 2.26. The second-order valence-corrected chi connectivity index (χ2v) is 2.92. The van der Waals surface area contributed by atoms with Crippen molar-refractivity contribution < 1.29 is 4.92 Å². The van der Waals surface area contributed by atoms with Gasteiger partial charge in [0.2, 0.25) is 0 Å². The summed E-state index contributed by atoms with van der Waals surface area (Å²) in [5, 5.41) is 19.1. The van der Waals surface area contributed by atoms with E-state index >= 15 is 0 Å². The molecule has 0 aliphatic carbocycles. The van der Waals surface area contributed by atoms with Crippen LogP contribution in [0.4, 0.5) is 5.69 Å². The lowest BCUT2D eigenvalue weighted by molar-refractivity contribution is -0.385. The average molecular weight is 194 g/mol. The van der Waals surface area contributed by atoms with Crippen molar-refractivity contribution in [3.05, 3.63) is 33.4 Å². The number of rotatable bonds is 1. The van der Waals surface area contributed by atoms with Crippen LogP contribution < -0.4 is 0 Å². The van der Waals surface area contributed by atoms with Crippen LogP contribution in [0.5, 0.6) is 0 Å². The molecule has 1 rings (SSSR count). The molecule has 0 spiro atoms. The van der Waals surface area contributed by atoms with E-state index in [4.69, 9.17) is 5.26 Å². The fourth-order valence-electron chi connectivity index (χ4n) is 0.978. The summed E-state index contributed by atoms with van der Waals surface area (Å²) in [5.74, 6) is 0. The molecule has 66 valence electrons. The summed E-state index contributed by atoms with van der Waals surface area (Å²) in [4.78, 5) is 10.3. The molecule has 0 unspecified atom stereocenters. The number of thiol groups is 1. The summed E-state index contributed by atoms with van der Waals surface area (Å²) in [6.45, 7) is 1.57. The van der Waals surface area contributed by atoms with Gasteiger partial charge in [0.1, 0.15) is 6.07 Å². The molecular formula is C8H6N2O2S. The van der Waals surface area contributed by atoms with Crippen LogP contribution in [0.25, 0.3) is 0 Å². The maximum atomic E-state index is 10.5. The number of nitro groups is 1. The summed E-state index contributed by atoms with van der Waals surface area (Å²) >= 11 is 4.03. The van der Waals surface area contributed by atoms with Crippen molar-refractivity contribution in [3.8, 4) is 6.07 Å². The van der Waals surface area contributed by atoms with Crippen molar-refractivity contribution in [2.24, 2.45) is 0 Å². The van der Waals surface area contributed by atoms with E-state index in [0.717, 1.165) is 0 Å².